The minimum atomic E-state index is -0.512. The molecule has 0 amide bonds. The highest BCUT2D eigenvalue weighted by Crippen LogP contribution is 2.48. The second-order valence-electron chi connectivity index (χ2n) is 5.67. The number of hydrogen-bond acceptors (Lipinski definition) is 5. The van der Waals surface area contributed by atoms with E-state index < -0.39 is 4.92 Å². The van der Waals surface area contributed by atoms with Crippen molar-refractivity contribution in [1.82, 2.24) is 4.98 Å². The summed E-state index contributed by atoms with van der Waals surface area (Å²) in [6, 6.07) is 3.03. The van der Waals surface area contributed by atoms with E-state index in [1.807, 2.05) is 0 Å². The molecule has 2 fully saturated rings. The van der Waals surface area contributed by atoms with Crippen molar-refractivity contribution in [3.63, 3.8) is 0 Å². The van der Waals surface area contributed by atoms with Crippen molar-refractivity contribution in [3.05, 3.63) is 22.2 Å². The van der Waals surface area contributed by atoms with E-state index >= 15 is 0 Å². The zero-order chi connectivity index (χ0) is 13.4. The van der Waals surface area contributed by atoms with E-state index in [4.69, 9.17) is 5.73 Å². The SMILES string of the molecule is Nc1nc(NCC2CC3CCC2C3)ccc1[N+](=O)[O-]. The van der Waals surface area contributed by atoms with Crippen LogP contribution in [0.5, 0.6) is 0 Å². The highest BCUT2D eigenvalue weighted by atomic mass is 16.6. The smallest absolute Gasteiger partial charge is 0.311 e. The van der Waals surface area contributed by atoms with Gasteiger partial charge in [-0.05, 0) is 43.1 Å². The van der Waals surface area contributed by atoms with Gasteiger partial charge in [-0.1, -0.05) is 6.42 Å². The van der Waals surface area contributed by atoms with Crippen molar-refractivity contribution < 1.29 is 4.92 Å². The number of nitrogens with one attached hydrogen (secondary N) is 1. The molecular formula is C13H18N4O2. The van der Waals surface area contributed by atoms with Crippen LogP contribution in [-0.4, -0.2) is 16.5 Å². The summed E-state index contributed by atoms with van der Waals surface area (Å²) in [6.07, 6.45) is 5.43. The highest BCUT2D eigenvalue weighted by molar-refractivity contribution is 5.57. The Hall–Kier alpha value is -1.85. The number of fused-ring (bicyclic) bond motifs is 2. The molecule has 2 saturated carbocycles. The topological polar surface area (TPSA) is 94.1 Å². The zero-order valence-electron chi connectivity index (χ0n) is 10.7. The van der Waals surface area contributed by atoms with Gasteiger partial charge in [-0.15, -0.1) is 0 Å². The first kappa shape index (κ1) is 12.2. The van der Waals surface area contributed by atoms with Gasteiger partial charge in [-0.25, -0.2) is 4.98 Å². The van der Waals surface area contributed by atoms with Crippen LogP contribution in [0.2, 0.25) is 0 Å². The van der Waals surface area contributed by atoms with Crippen molar-refractivity contribution in [2.75, 3.05) is 17.6 Å². The number of pyridine rings is 1. The fraction of sp³-hybridized carbons (Fsp3) is 0.615. The normalized spacial score (nSPS) is 28.5. The summed E-state index contributed by atoms with van der Waals surface area (Å²) in [7, 11) is 0. The first-order valence-corrected chi connectivity index (χ1v) is 6.78. The van der Waals surface area contributed by atoms with Crippen LogP contribution in [-0.2, 0) is 0 Å². The standard InChI is InChI=1S/C13H18N4O2/c14-13-11(17(18)19)3-4-12(16-13)15-7-10-6-8-1-2-9(10)5-8/h3-4,8-10H,1-2,5-7H2,(H3,14,15,16). The Morgan fingerprint density at radius 1 is 1.42 bits per heavy atom. The summed E-state index contributed by atoms with van der Waals surface area (Å²) < 4.78 is 0. The number of nitrogens with zero attached hydrogens (tertiary/aromatic N) is 2. The van der Waals surface area contributed by atoms with Gasteiger partial charge >= 0.3 is 5.69 Å². The molecule has 19 heavy (non-hydrogen) atoms. The minimum Gasteiger partial charge on any atom is -0.378 e. The summed E-state index contributed by atoms with van der Waals surface area (Å²) in [6.45, 7) is 0.894. The van der Waals surface area contributed by atoms with Gasteiger partial charge in [0.1, 0.15) is 5.82 Å². The first-order chi connectivity index (χ1) is 9.13. The van der Waals surface area contributed by atoms with E-state index in [1.54, 1.807) is 6.07 Å². The van der Waals surface area contributed by atoms with Gasteiger partial charge in [-0.3, -0.25) is 10.1 Å². The Labute approximate surface area is 111 Å². The Morgan fingerprint density at radius 2 is 2.26 bits per heavy atom. The number of rotatable bonds is 4. The van der Waals surface area contributed by atoms with Gasteiger partial charge in [0.05, 0.1) is 4.92 Å². The molecule has 3 rings (SSSR count). The van der Waals surface area contributed by atoms with Crippen LogP contribution in [0.1, 0.15) is 25.7 Å². The molecule has 102 valence electrons. The molecule has 2 bridgehead atoms. The number of anilines is 2. The van der Waals surface area contributed by atoms with Crippen LogP contribution in [0.25, 0.3) is 0 Å². The summed E-state index contributed by atoms with van der Waals surface area (Å²) >= 11 is 0. The van der Waals surface area contributed by atoms with Crippen LogP contribution in [0.3, 0.4) is 0 Å². The summed E-state index contributed by atoms with van der Waals surface area (Å²) in [5.74, 6) is 3.10. The van der Waals surface area contributed by atoms with Crippen LogP contribution in [0.4, 0.5) is 17.3 Å². The second-order valence-corrected chi connectivity index (χ2v) is 5.67. The summed E-state index contributed by atoms with van der Waals surface area (Å²) in [5, 5.41) is 13.9. The molecule has 3 unspecified atom stereocenters. The van der Waals surface area contributed by atoms with Gasteiger partial charge in [0.25, 0.3) is 0 Å². The van der Waals surface area contributed by atoms with E-state index in [0.717, 1.165) is 24.3 Å². The van der Waals surface area contributed by atoms with E-state index in [1.165, 1.54) is 31.7 Å². The molecule has 2 aliphatic rings. The minimum absolute atomic E-state index is 0.0251. The molecule has 6 heteroatoms. The summed E-state index contributed by atoms with van der Waals surface area (Å²) in [4.78, 5) is 14.2. The molecule has 3 atom stereocenters. The van der Waals surface area contributed by atoms with Crippen molar-refractivity contribution in [1.29, 1.82) is 0 Å². The lowest BCUT2D eigenvalue weighted by atomic mass is 9.89. The van der Waals surface area contributed by atoms with Crippen molar-refractivity contribution in [3.8, 4) is 0 Å². The number of nitrogens with two attached hydrogens (primary N) is 1. The number of nitrogen functional groups attached to an aromatic ring is 1. The van der Waals surface area contributed by atoms with Crippen LogP contribution in [0, 0.1) is 27.9 Å². The lowest BCUT2D eigenvalue weighted by Crippen LogP contribution is -2.20. The third-order valence-electron chi connectivity index (χ3n) is 4.53. The molecule has 3 N–H and O–H groups in total. The fourth-order valence-corrected chi connectivity index (χ4v) is 3.58. The first-order valence-electron chi connectivity index (χ1n) is 6.78. The van der Waals surface area contributed by atoms with Crippen LogP contribution in [0.15, 0.2) is 12.1 Å². The average molecular weight is 262 g/mol. The Bertz CT molecular complexity index is 505. The Kier molecular flexibility index (Phi) is 3.00. The fourth-order valence-electron chi connectivity index (χ4n) is 3.58. The van der Waals surface area contributed by atoms with Crippen LogP contribution >= 0.6 is 0 Å². The van der Waals surface area contributed by atoms with E-state index in [9.17, 15) is 10.1 Å². The van der Waals surface area contributed by atoms with Crippen molar-refractivity contribution in [2.45, 2.75) is 25.7 Å². The van der Waals surface area contributed by atoms with Gasteiger partial charge in [0.2, 0.25) is 5.82 Å². The molecular weight excluding hydrogens is 244 g/mol. The predicted octanol–water partition coefficient (Wildman–Crippen LogP) is 2.42. The molecule has 0 radical (unpaired) electrons. The predicted molar refractivity (Wildman–Crippen MR) is 72.7 cm³/mol. The average Bonchev–Trinajstić information content (AvgIpc) is 2.98. The van der Waals surface area contributed by atoms with E-state index in [2.05, 4.69) is 10.3 Å². The molecule has 0 saturated heterocycles. The van der Waals surface area contributed by atoms with Crippen molar-refractivity contribution in [2.24, 2.45) is 17.8 Å². The second kappa shape index (κ2) is 4.68. The summed E-state index contributed by atoms with van der Waals surface area (Å²) in [5.41, 5.74) is 5.44. The lowest BCUT2D eigenvalue weighted by molar-refractivity contribution is -0.384. The van der Waals surface area contributed by atoms with E-state index in [0.29, 0.717) is 5.82 Å². The molecule has 0 spiro atoms. The maximum atomic E-state index is 10.7. The maximum Gasteiger partial charge on any atom is 0.311 e. The highest BCUT2D eigenvalue weighted by Gasteiger charge is 2.39. The molecule has 2 aliphatic carbocycles. The molecule has 0 aromatic carbocycles. The third kappa shape index (κ3) is 2.34. The monoisotopic (exact) mass is 262 g/mol. The molecule has 1 aromatic rings. The Balaban J connectivity index is 1.61. The zero-order valence-corrected chi connectivity index (χ0v) is 10.7. The van der Waals surface area contributed by atoms with Crippen LogP contribution < -0.4 is 11.1 Å². The van der Waals surface area contributed by atoms with Gasteiger partial charge in [0, 0.05) is 12.6 Å². The lowest BCUT2D eigenvalue weighted by Gasteiger charge is -2.22. The maximum absolute atomic E-state index is 10.7. The number of aromatic nitrogens is 1. The third-order valence-corrected chi connectivity index (χ3v) is 4.53. The number of nitro groups is 1. The quantitative estimate of drug-likeness (QED) is 0.642. The molecule has 0 aliphatic heterocycles. The van der Waals surface area contributed by atoms with Crippen molar-refractivity contribution >= 4 is 17.3 Å². The molecule has 1 aromatic heterocycles. The Morgan fingerprint density at radius 3 is 2.84 bits per heavy atom. The number of hydrogen-bond donors (Lipinski definition) is 2. The molecule has 6 nitrogen and oxygen atoms in total. The van der Waals surface area contributed by atoms with Gasteiger partial charge in [-0.2, -0.15) is 0 Å². The largest absolute Gasteiger partial charge is 0.378 e. The molecule has 1 heterocycles. The van der Waals surface area contributed by atoms with Gasteiger partial charge < -0.3 is 11.1 Å². The van der Waals surface area contributed by atoms with Gasteiger partial charge in [0.15, 0.2) is 0 Å². The van der Waals surface area contributed by atoms with E-state index in [-0.39, 0.29) is 11.5 Å².